The summed E-state index contributed by atoms with van der Waals surface area (Å²) in [5.41, 5.74) is 1.15. The largest absolute Gasteiger partial charge is 0.363 e. The van der Waals surface area contributed by atoms with Crippen molar-refractivity contribution in [1.82, 2.24) is 5.16 Å². The Morgan fingerprint density at radius 3 is 2.80 bits per heavy atom. The minimum Gasteiger partial charge on any atom is -0.363 e. The first-order chi connectivity index (χ1) is 4.70. The predicted octanol–water partition coefficient (Wildman–Crippen LogP) is 2.64. The summed E-state index contributed by atoms with van der Waals surface area (Å²) in [5, 5.41) is 3.71. The van der Waals surface area contributed by atoms with E-state index in [0.29, 0.717) is 5.92 Å². The highest BCUT2D eigenvalue weighted by Crippen LogP contribution is 2.17. The second kappa shape index (κ2) is 3.19. The summed E-state index contributed by atoms with van der Waals surface area (Å²) in [6.45, 7) is 4.33. The molecule has 0 N–H and O–H groups in total. The molecule has 2 nitrogen and oxygen atoms in total. The maximum absolute atomic E-state index is 4.75. The topological polar surface area (TPSA) is 26.0 Å². The summed E-state index contributed by atoms with van der Waals surface area (Å²) >= 11 is 3.29. The molecule has 3 heteroatoms. The molecule has 0 bridgehead atoms. The molecular weight excluding hydrogens is 194 g/mol. The van der Waals surface area contributed by atoms with Gasteiger partial charge in [-0.15, -0.1) is 0 Å². The number of hydrogen-bond donors (Lipinski definition) is 0. The molecule has 0 aliphatic heterocycles. The van der Waals surface area contributed by atoms with Crippen molar-refractivity contribution in [3.63, 3.8) is 0 Å². The van der Waals surface area contributed by atoms with E-state index in [1.165, 1.54) is 0 Å². The summed E-state index contributed by atoms with van der Waals surface area (Å²) in [6, 6.07) is 0. The van der Waals surface area contributed by atoms with Gasteiger partial charge in [-0.05, 0) is 28.3 Å². The molecule has 56 valence electrons. The number of halogens is 1. The molecule has 10 heavy (non-hydrogen) atoms. The number of nitrogens with zero attached hydrogens (tertiary/aromatic N) is 1. The summed E-state index contributed by atoms with van der Waals surface area (Å²) in [4.78, 5) is 0. The second-order valence-corrected chi connectivity index (χ2v) is 3.48. The van der Waals surface area contributed by atoms with Crippen molar-refractivity contribution in [1.29, 1.82) is 0 Å². The standard InChI is InChI=1S/C7H10BrNO/c1-5(2)3-6-4-10-9-7(6)8/h4-5H,3H2,1-2H3. The summed E-state index contributed by atoms with van der Waals surface area (Å²) in [6.07, 6.45) is 2.70. The fraction of sp³-hybridized carbons (Fsp3) is 0.571. The van der Waals surface area contributed by atoms with Gasteiger partial charge < -0.3 is 4.52 Å². The van der Waals surface area contributed by atoms with Crippen LogP contribution in [0, 0.1) is 5.92 Å². The zero-order chi connectivity index (χ0) is 7.56. The lowest BCUT2D eigenvalue weighted by molar-refractivity contribution is 0.414. The first kappa shape index (κ1) is 7.79. The molecule has 0 atom stereocenters. The third-order valence-corrected chi connectivity index (χ3v) is 1.88. The Bertz CT molecular complexity index is 207. The van der Waals surface area contributed by atoms with Crippen molar-refractivity contribution in [3.05, 3.63) is 16.4 Å². The van der Waals surface area contributed by atoms with Gasteiger partial charge >= 0.3 is 0 Å². The van der Waals surface area contributed by atoms with Gasteiger partial charge in [0.25, 0.3) is 0 Å². The Morgan fingerprint density at radius 2 is 2.40 bits per heavy atom. The maximum atomic E-state index is 4.75. The van der Waals surface area contributed by atoms with Crippen molar-refractivity contribution in [2.45, 2.75) is 20.3 Å². The van der Waals surface area contributed by atoms with E-state index in [9.17, 15) is 0 Å². The van der Waals surface area contributed by atoms with E-state index in [4.69, 9.17) is 4.52 Å². The molecule has 0 saturated heterocycles. The van der Waals surface area contributed by atoms with E-state index in [2.05, 4.69) is 34.9 Å². The average Bonchev–Trinajstić information content (AvgIpc) is 2.15. The normalized spacial score (nSPS) is 10.8. The van der Waals surface area contributed by atoms with Crippen LogP contribution in [0.4, 0.5) is 0 Å². The molecule has 0 radical (unpaired) electrons. The molecule has 1 heterocycles. The minimum atomic E-state index is 0.649. The second-order valence-electron chi connectivity index (χ2n) is 2.73. The van der Waals surface area contributed by atoms with Gasteiger partial charge in [0.1, 0.15) is 6.26 Å². The minimum absolute atomic E-state index is 0.649. The Labute approximate surface area is 68.7 Å². The smallest absolute Gasteiger partial charge is 0.152 e. The molecule has 0 spiro atoms. The van der Waals surface area contributed by atoms with Gasteiger partial charge in [-0.2, -0.15) is 0 Å². The summed E-state index contributed by atoms with van der Waals surface area (Å²) in [5.74, 6) is 0.649. The van der Waals surface area contributed by atoms with Gasteiger partial charge in [0.05, 0.1) is 0 Å². The Morgan fingerprint density at radius 1 is 1.70 bits per heavy atom. The lowest BCUT2D eigenvalue weighted by Crippen LogP contribution is -1.92. The van der Waals surface area contributed by atoms with Crippen LogP contribution in [0.3, 0.4) is 0 Å². The van der Waals surface area contributed by atoms with Crippen LogP contribution in [0.1, 0.15) is 19.4 Å². The third kappa shape index (κ3) is 1.84. The van der Waals surface area contributed by atoms with E-state index < -0.39 is 0 Å². The lowest BCUT2D eigenvalue weighted by Gasteiger charge is -1.98. The van der Waals surface area contributed by atoms with Crippen LogP contribution < -0.4 is 0 Å². The van der Waals surface area contributed by atoms with Crippen LogP contribution in [0.2, 0.25) is 0 Å². The fourth-order valence-electron chi connectivity index (χ4n) is 0.816. The van der Waals surface area contributed by atoms with Gasteiger partial charge in [0.2, 0.25) is 0 Å². The lowest BCUT2D eigenvalue weighted by atomic mass is 10.1. The molecule has 0 unspecified atom stereocenters. The van der Waals surface area contributed by atoms with Gasteiger partial charge in [0.15, 0.2) is 4.60 Å². The predicted molar refractivity (Wildman–Crippen MR) is 42.7 cm³/mol. The fourth-order valence-corrected chi connectivity index (χ4v) is 1.15. The van der Waals surface area contributed by atoms with Crippen LogP contribution >= 0.6 is 15.9 Å². The number of rotatable bonds is 2. The van der Waals surface area contributed by atoms with Crippen LogP contribution in [0.5, 0.6) is 0 Å². The Hall–Kier alpha value is -0.310. The Kier molecular flexibility index (Phi) is 2.49. The highest BCUT2D eigenvalue weighted by molar-refractivity contribution is 9.10. The highest BCUT2D eigenvalue weighted by atomic mass is 79.9. The van der Waals surface area contributed by atoms with E-state index in [1.54, 1.807) is 6.26 Å². The summed E-state index contributed by atoms with van der Waals surface area (Å²) < 4.78 is 5.58. The zero-order valence-corrected chi connectivity index (χ0v) is 7.68. The van der Waals surface area contributed by atoms with E-state index >= 15 is 0 Å². The summed E-state index contributed by atoms with van der Waals surface area (Å²) in [7, 11) is 0. The molecule has 0 amide bonds. The molecule has 0 aromatic carbocycles. The van der Waals surface area contributed by atoms with Gasteiger partial charge in [-0.1, -0.05) is 19.0 Å². The molecule has 1 aromatic rings. The van der Waals surface area contributed by atoms with Gasteiger partial charge in [-0.3, -0.25) is 0 Å². The monoisotopic (exact) mass is 203 g/mol. The third-order valence-electron chi connectivity index (χ3n) is 1.22. The van der Waals surface area contributed by atoms with Crippen LogP contribution in [-0.4, -0.2) is 5.16 Å². The van der Waals surface area contributed by atoms with Crippen molar-refractivity contribution in [3.8, 4) is 0 Å². The van der Waals surface area contributed by atoms with Crippen LogP contribution in [0.25, 0.3) is 0 Å². The molecule has 1 rings (SSSR count). The molecular formula is C7H10BrNO. The van der Waals surface area contributed by atoms with Crippen molar-refractivity contribution in [2.75, 3.05) is 0 Å². The quantitative estimate of drug-likeness (QED) is 0.739. The van der Waals surface area contributed by atoms with Gasteiger partial charge in [0, 0.05) is 5.56 Å². The Balaban J connectivity index is 2.65. The number of hydrogen-bond acceptors (Lipinski definition) is 2. The van der Waals surface area contributed by atoms with Crippen molar-refractivity contribution >= 4 is 15.9 Å². The maximum Gasteiger partial charge on any atom is 0.152 e. The van der Waals surface area contributed by atoms with Crippen LogP contribution in [-0.2, 0) is 6.42 Å². The van der Waals surface area contributed by atoms with E-state index in [-0.39, 0.29) is 0 Å². The van der Waals surface area contributed by atoms with Crippen molar-refractivity contribution in [2.24, 2.45) is 5.92 Å². The van der Waals surface area contributed by atoms with Gasteiger partial charge in [-0.25, -0.2) is 0 Å². The first-order valence-corrected chi connectivity index (χ1v) is 4.08. The first-order valence-electron chi connectivity index (χ1n) is 3.29. The molecule has 0 aliphatic carbocycles. The SMILES string of the molecule is CC(C)Cc1conc1Br. The van der Waals surface area contributed by atoms with Crippen molar-refractivity contribution < 1.29 is 4.52 Å². The molecule has 1 aromatic heterocycles. The average molecular weight is 204 g/mol. The molecule has 0 saturated carbocycles. The number of aromatic nitrogens is 1. The zero-order valence-electron chi connectivity index (χ0n) is 6.10. The van der Waals surface area contributed by atoms with E-state index in [0.717, 1.165) is 16.6 Å². The van der Waals surface area contributed by atoms with E-state index in [1.807, 2.05) is 0 Å². The molecule has 0 aliphatic rings. The van der Waals surface area contributed by atoms with Crippen LogP contribution in [0.15, 0.2) is 15.4 Å². The highest BCUT2D eigenvalue weighted by Gasteiger charge is 2.05. The molecule has 0 fully saturated rings.